The van der Waals surface area contributed by atoms with Crippen LogP contribution < -0.4 is 5.32 Å². The van der Waals surface area contributed by atoms with E-state index in [1.165, 1.54) is 15.6 Å². The third-order valence-corrected chi connectivity index (χ3v) is 5.06. The molecule has 1 heterocycles. The lowest BCUT2D eigenvalue weighted by Gasteiger charge is -2.33. The second-order valence-corrected chi connectivity index (χ2v) is 6.57. The molecule has 2 aromatic carbocycles. The van der Waals surface area contributed by atoms with Crippen molar-refractivity contribution in [3.05, 3.63) is 69.2 Å². The Labute approximate surface area is 133 Å². The summed E-state index contributed by atoms with van der Waals surface area (Å²) in [6, 6.07) is 16.9. The lowest BCUT2D eigenvalue weighted by Crippen LogP contribution is -2.34. The Balaban J connectivity index is 1.95. The summed E-state index contributed by atoms with van der Waals surface area (Å²) in [5.41, 5.74) is 2.77. The highest BCUT2D eigenvalue weighted by molar-refractivity contribution is 9.10. The van der Waals surface area contributed by atoms with Gasteiger partial charge in [-0.15, -0.1) is 0 Å². The zero-order valence-corrected chi connectivity index (χ0v) is 13.5. The molecule has 1 aliphatic rings. The van der Waals surface area contributed by atoms with Crippen molar-refractivity contribution < 1.29 is 0 Å². The van der Waals surface area contributed by atoms with E-state index in [1.54, 1.807) is 0 Å². The summed E-state index contributed by atoms with van der Waals surface area (Å²) < 4.78 is 1.20. The van der Waals surface area contributed by atoms with Gasteiger partial charge in [0.25, 0.3) is 0 Å². The highest BCUT2D eigenvalue weighted by Crippen LogP contribution is 2.40. The molecule has 1 saturated heterocycles. The van der Waals surface area contributed by atoms with Gasteiger partial charge in [0.2, 0.25) is 0 Å². The third kappa shape index (κ3) is 2.93. The van der Waals surface area contributed by atoms with Gasteiger partial charge in [0, 0.05) is 22.0 Å². The van der Waals surface area contributed by atoms with Crippen LogP contribution in [0.1, 0.15) is 29.4 Å². The molecule has 0 amide bonds. The molecule has 3 heteroatoms. The van der Waals surface area contributed by atoms with Gasteiger partial charge in [-0.05, 0) is 48.2 Å². The fraction of sp³-hybridized carbons (Fsp3) is 0.294. The molecule has 0 spiro atoms. The molecule has 0 aromatic heterocycles. The van der Waals surface area contributed by atoms with Gasteiger partial charge in [0.15, 0.2) is 0 Å². The Hall–Kier alpha value is -0.830. The Morgan fingerprint density at radius 3 is 2.50 bits per heavy atom. The third-order valence-electron chi connectivity index (χ3n) is 4.08. The summed E-state index contributed by atoms with van der Waals surface area (Å²) in [7, 11) is 0. The second kappa shape index (κ2) is 6.30. The number of benzene rings is 2. The van der Waals surface area contributed by atoms with Gasteiger partial charge in [0.1, 0.15) is 0 Å². The van der Waals surface area contributed by atoms with E-state index in [4.69, 9.17) is 11.6 Å². The zero-order valence-electron chi connectivity index (χ0n) is 11.2. The molecule has 2 atom stereocenters. The van der Waals surface area contributed by atoms with E-state index in [2.05, 4.69) is 57.6 Å². The van der Waals surface area contributed by atoms with E-state index in [-0.39, 0.29) is 0 Å². The highest BCUT2D eigenvalue weighted by Gasteiger charge is 2.28. The van der Waals surface area contributed by atoms with Gasteiger partial charge >= 0.3 is 0 Å². The van der Waals surface area contributed by atoms with Gasteiger partial charge in [-0.2, -0.15) is 0 Å². The van der Waals surface area contributed by atoms with Crippen LogP contribution in [0.3, 0.4) is 0 Å². The average Bonchev–Trinajstić information content (AvgIpc) is 2.49. The van der Waals surface area contributed by atoms with Crippen molar-refractivity contribution in [2.24, 2.45) is 0 Å². The maximum Gasteiger partial charge on any atom is 0.0406 e. The molecular formula is C17H17BrClN. The molecule has 1 nitrogen and oxygen atoms in total. The molecule has 1 fully saturated rings. The van der Waals surface area contributed by atoms with Crippen LogP contribution in [0.15, 0.2) is 53.0 Å². The van der Waals surface area contributed by atoms with Gasteiger partial charge in [-0.25, -0.2) is 0 Å². The second-order valence-electron chi connectivity index (χ2n) is 5.28. The number of piperidine rings is 1. The van der Waals surface area contributed by atoms with Crippen molar-refractivity contribution in [3.63, 3.8) is 0 Å². The predicted octanol–water partition coefficient (Wildman–Crippen LogP) is 4.96. The molecular weight excluding hydrogens is 334 g/mol. The SMILES string of the molecule is Clc1ccc(C2CCNCC2c2ccccc2Br)cc1. The predicted molar refractivity (Wildman–Crippen MR) is 88.6 cm³/mol. The first-order chi connectivity index (χ1) is 9.75. The topological polar surface area (TPSA) is 12.0 Å². The monoisotopic (exact) mass is 349 g/mol. The molecule has 2 unspecified atom stereocenters. The molecule has 3 rings (SSSR count). The Kier molecular flexibility index (Phi) is 4.45. The van der Waals surface area contributed by atoms with E-state index >= 15 is 0 Å². The number of hydrogen-bond acceptors (Lipinski definition) is 1. The van der Waals surface area contributed by atoms with E-state index in [0.29, 0.717) is 11.8 Å². The first-order valence-electron chi connectivity index (χ1n) is 6.96. The van der Waals surface area contributed by atoms with Crippen LogP contribution in [0.2, 0.25) is 5.02 Å². The first-order valence-corrected chi connectivity index (χ1v) is 8.13. The maximum atomic E-state index is 6.01. The summed E-state index contributed by atoms with van der Waals surface area (Å²) in [4.78, 5) is 0. The van der Waals surface area contributed by atoms with Crippen molar-refractivity contribution in [2.75, 3.05) is 13.1 Å². The molecule has 0 bridgehead atoms. The summed E-state index contributed by atoms with van der Waals surface area (Å²) in [6.45, 7) is 2.10. The van der Waals surface area contributed by atoms with Crippen molar-refractivity contribution in [1.29, 1.82) is 0 Å². The van der Waals surface area contributed by atoms with Crippen LogP contribution in [0, 0.1) is 0 Å². The van der Waals surface area contributed by atoms with Crippen LogP contribution >= 0.6 is 27.5 Å². The minimum absolute atomic E-state index is 0.500. The highest BCUT2D eigenvalue weighted by atomic mass is 79.9. The number of hydrogen-bond donors (Lipinski definition) is 1. The zero-order chi connectivity index (χ0) is 13.9. The van der Waals surface area contributed by atoms with Crippen LogP contribution in [0.5, 0.6) is 0 Å². The van der Waals surface area contributed by atoms with Crippen molar-refractivity contribution in [1.82, 2.24) is 5.32 Å². The normalized spacial score (nSPS) is 22.7. The van der Waals surface area contributed by atoms with E-state index in [1.807, 2.05) is 12.1 Å². The average molecular weight is 351 g/mol. The Morgan fingerprint density at radius 1 is 1.00 bits per heavy atom. The van der Waals surface area contributed by atoms with E-state index < -0.39 is 0 Å². The molecule has 0 radical (unpaired) electrons. The first kappa shape index (κ1) is 14.1. The molecule has 0 saturated carbocycles. The van der Waals surface area contributed by atoms with Gasteiger partial charge < -0.3 is 5.32 Å². The van der Waals surface area contributed by atoms with Crippen molar-refractivity contribution in [3.8, 4) is 0 Å². The van der Waals surface area contributed by atoms with E-state index in [0.717, 1.165) is 24.5 Å². The number of halogens is 2. The van der Waals surface area contributed by atoms with Crippen LogP contribution in [0.4, 0.5) is 0 Å². The van der Waals surface area contributed by atoms with Crippen molar-refractivity contribution >= 4 is 27.5 Å². The van der Waals surface area contributed by atoms with Gasteiger partial charge in [-0.1, -0.05) is 57.9 Å². The number of rotatable bonds is 2. The molecule has 20 heavy (non-hydrogen) atoms. The van der Waals surface area contributed by atoms with Crippen molar-refractivity contribution in [2.45, 2.75) is 18.3 Å². The minimum atomic E-state index is 0.500. The largest absolute Gasteiger partial charge is 0.316 e. The summed E-state index contributed by atoms with van der Waals surface area (Å²) in [5, 5.41) is 4.33. The number of nitrogens with one attached hydrogen (secondary N) is 1. The molecule has 1 aliphatic heterocycles. The lowest BCUT2D eigenvalue weighted by molar-refractivity contribution is 0.403. The summed E-state index contributed by atoms with van der Waals surface area (Å²) in [6.07, 6.45) is 1.16. The quantitative estimate of drug-likeness (QED) is 0.807. The maximum absolute atomic E-state index is 6.01. The van der Waals surface area contributed by atoms with Crippen LogP contribution in [-0.4, -0.2) is 13.1 Å². The van der Waals surface area contributed by atoms with Gasteiger partial charge in [0.05, 0.1) is 0 Å². The van der Waals surface area contributed by atoms with Crippen LogP contribution in [0.25, 0.3) is 0 Å². The molecule has 1 N–H and O–H groups in total. The molecule has 104 valence electrons. The minimum Gasteiger partial charge on any atom is -0.316 e. The summed E-state index contributed by atoms with van der Waals surface area (Å²) in [5.74, 6) is 1.05. The molecule has 2 aromatic rings. The fourth-order valence-corrected chi connectivity index (χ4v) is 3.77. The van der Waals surface area contributed by atoms with Gasteiger partial charge in [-0.3, -0.25) is 0 Å². The standard InChI is InChI=1S/C17H17BrClN/c18-17-4-2-1-3-15(17)16-11-20-10-9-14(16)12-5-7-13(19)8-6-12/h1-8,14,16,20H,9-11H2. The smallest absolute Gasteiger partial charge is 0.0406 e. The summed E-state index contributed by atoms with van der Waals surface area (Å²) >= 11 is 9.70. The Morgan fingerprint density at radius 2 is 1.75 bits per heavy atom. The fourth-order valence-electron chi connectivity index (χ4n) is 3.07. The Bertz CT molecular complexity index is 582. The molecule has 0 aliphatic carbocycles. The van der Waals surface area contributed by atoms with E-state index in [9.17, 15) is 0 Å². The van der Waals surface area contributed by atoms with Crippen LogP contribution in [-0.2, 0) is 0 Å². The lowest BCUT2D eigenvalue weighted by atomic mass is 9.77.